The van der Waals surface area contributed by atoms with E-state index in [1.165, 1.54) is 0 Å². The molecule has 1 fully saturated rings. The standard InChI is InChI=1S/C25H29N3O4S/c26-16-22-11-6-14-28(22)25(29)24(18-32-17-19-7-2-1-3-8-19)27-33(30,31)23-13-12-20-9-4-5-10-21(20)15-23/h1-5,7-10,12-13,15,22,24,27H,6,11,14,16-18,26H2. The highest BCUT2D eigenvalue weighted by Gasteiger charge is 2.35. The predicted octanol–water partition coefficient (Wildman–Crippen LogP) is 2.65. The molecule has 1 aliphatic heterocycles. The minimum Gasteiger partial charge on any atom is -0.375 e. The number of carbonyl (C=O) groups excluding carboxylic acids is 1. The van der Waals surface area contributed by atoms with E-state index in [-0.39, 0.29) is 30.1 Å². The summed E-state index contributed by atoms with van der Waals surface area (Å²) in [5, 5.41) is 1.75. The first-order valence-electron chi connectivity index (χ1n) is 11.1. The number of benzene rings is 3. The van der Waals surface area contributed by atoms with Gasteiger partial charge >= 0.3 is 0 Å². The fourth-order valence-corrected chi connectivity index (χ4v) is 5.39. The van der Waals surface area contributed by atoms with Crippen LogP contribution in [0.3, 0.4) is 0 Å². The molecule has 2 unspecified atom stereocenters. The lowest BCUT2D eigenvalue weighted by molar-refractivity contribution is -0.135. The zero-order chi connectivity index (χ0) is 23.3. The van der Waals surface area contributed by atoms with Gasteiger partial charge in [0, 0.05) is 19.1 Å². The number of carbonyl (C=O) groups is 1. The second kappa shape index (κ2) is 10.4. The first kappa shape index (κ1) is 23.4. The maximum absolute atomic E-state index is 13.3. The van der Waals surface area contributed by atoms with Crippen LogP contribution in [0.2, 0.25) is 0 Å². The number of nitrogens with zero attached hydrogens (tertiary/aromatic N) is 1. The molecule has 1 aliphatic rings. The zero-order valence-electron chi connectivity index (χ0n) is 18.4. The third kappa shape index (κ3) is 5.59. The van der Waals surface area contributed by atoms with Gasteiger partial charge in [-0.3, -0.25) is 4.79 Å². The van der Waals surface area contributed by atoms with Crippen molar-refractivity contribution in [3.63, 3.8) is 0 Å². The first-order chi connectivity index (χ1) is 16.0. The molecule has 3 aromatic rings. The predicted molar refractivity (Wildman–Crippen MR) is 128 cm³/mol. The molecule has 0 spiro atoms. The number of hydrogen-bond acceptors (Lipinski definition) is 5. The van der Waals surface area contributed by atoms with E-state index in [1.807, 2.05) is 54.6 Å². The van der Waals surface area contributed by atoms with Gasteiger partial charge < -0.3 is 15.4 Å². The van der Waals surface area contributed by atoms with Crippen LogP contribution in [0.4, 0.5) is 0 Å². The molecule has 1 heterocycles. The van der Waals surface area contributed by atoms with Crippen LogP contribution in [0.25, 0.3) is 10.8 Å². The second-order valence-corrected chi connectivity index (χ2v) is 9.96. The molecule has 1 saturated heterocycles. The third-order valence-electron chi connectivity index (χ3n) is 5.96. The van der Waals surface area contributed by atoms with Crippen molar-refractivity contribution in [1.82, 2.24) is 9.62 Å². The molecule has 0 aliphatic carbocycles. The molecular weight excluding hydrogens is 438 g/mol. The second-order valence-electron chi connectivity index (χ2n) is 8.25. The van der Waals surface area contributed by atoms with E-state index >= 15 is 0 Å². The molecule has 33 heavy (non-hydrogen) atoms. The molecule has 2 atom stereocenters. The summed E-state index contributed by atoms with van der Waals surface area (Å²) in [4.78, 5) is 15.1. The van der Waals surface area contributed by atoms with Gasteiger partial charge in [0.2, 0.25) is 15.9 Å². The van der Waals surface area contributed by atoms with Gasteiger partial charge in [-0.25, -0.2) is 8.42 Å². The summed E-state index contributed by atoms with van der Waals surface area (Å²) in [5.41, 5.74) is 6.79. The van der Waals surface area contributed by atoms with Crippen molar-refractivity contribution in [3.8, 4) is 0 Å². The monoisotopic (exact) mass is 467 g/mol. The van der Waals surface area contributed by atoms with Crippen LogP contribution in [0.1, 0.15) is 18.4 Å². The summed E-state index contributed by atoms with van der Waals surface area (Å²) < 4.78 is 34.8. The Balaban J connectivity index is 1.54. The molecule has 0 saturated carbocycles. The van der Waals surface area contributed by atoms with Crippen molar-refractivity contribution in [3.05, 3.63) is 78.4 Å². The molecule has 1 amide bonds. The quantitative estimate of drug-likeness (QED) is 0.504. The van der Waals surface area contributed by atoms with E-state index in [1.54, 1.807) is 23.1 Å². The topological polar surface area (TPSA) is 102 Å². The number of sulfonamides is 1. The number of likely N-dealkylation sites (tertiary alicyclic amines) is 1. The van der Waals surface area contributed by atoms with Crippen molar-refractivity contribution in [2.45, 2.75) is 36.4 Å². The smallest absolute Gasteiger partial charge is 0.243 e. The van der Waals surface area contributed by atoms with Crippen LogP contribution in [0.5, 0.6) is 0 Å². The zero-order valence-corrected chi connectivity index (χ0v) is 19.2. The lowest BCUT2D eigenvalue weighted by Gasteiger charge is -2.28. The van der Waals surface area contributed by atoms with Gasteiger partial charge in [-0.2, -0.15) is 4.72 Å². The third-order valence-corrected chi connectivity index (χ3v) is 7.42. The number of ether oxygens (including phenoxy) is 1. The molecule has 3 N–H and O–H groups in total. The summed E-state index contributed by atoms with van der Waals surface area (Å²) in [6.45, 7) is 1.12. The molecule has 4 rings (SSSR count). The Hall–Kier alpha value is -2.78. The highest BCUT2D eigenvalue weighted by molar-refractivity contribution is 7.89. The summed E-state index contributed by atoms with van der Waals surface area (Å²) in [6, 6.07) is 20.9. The van der Waals surface area contributed by atoms with Gasteiger partial charge in [-0.15, -0.1) is 0 Å². The highest BCUT2D eigenvalue weighted by atomic mass is 32.2. The Morgan fingerprint density at radius 2 is 1.79 bits per heavy atom. The van der Waals surface area contributed by atoms with Crippen LogP contribution in [-0.4, -0.2) is 51.0 Å². The van der Waals surface area contributed by atoms with E-state index in [0.29, 0.717) is 13.1 Å². The average Bonchev–Trinajstić information content (AvgIpc) is 3.32. The van der Waals surface area contributed by atoms with Crippen LogP contribution in [0.15, 0.2) is 77.7 Å². The summed E-state index contributed by atoms with van der Waals surface area (Å²) in [6.07, 6.45) is 1.67. The Morgan fingerprint density at radius 1 is 1.06 bits per heavy atom. The fourth-order valence-electron chi connectivity index (χ4n) is 4.19. The number of fused-ring (bicyclic) bond motifs is 1. The van der Waals surface area contributed by atoms with Gasteiger partial charge in [-0.1, -0.05) is 60.7 Å². The summed E-state index contributed by atoms with van der Waals surface area (Å²) in [5.74, 6) is -0.305. The Morgan fingerprint density at radius 3 is 2.55 bits per heavy atom. The van der Waals surface area contributed by atoms with Gasteiger partial charge in [0.25, 0.3) is 0 Å². The molecule has 3 aromatic carbocycles. The Bertz CT molecular complexity index is 1200. The maximum Gasteiger partial charge on any atom is 0.243 e. The van der Waals surface area contributed by atoms with E-state index in [4.69, 9.17) is 10.5 Å². The largest absolute Gasteiger partial charge is 0.375 e. The minimum atomic E-state index is -3.95. The fraction of sp³-hybridized carbons (Fsp3) is 0.320. The lowest BCUT2D eigenvalue weighted by Crippen LogP contribution is -2.53. The lowest BCUT2D eigenvalue weighted by atomic mass is 10.1. The van der Waals surface area contributed by atoms with Gasteiger partial charge in [-0.05, 0) is 41.3 Å². The summed E-state index contributed by atoms with van der Waals surface area (Å²) >= 11 is 0. The Kier molecular flexibility index (Phi) is 7.39. The van der Waals surface area contributed by atoms with E-state index in [9.17, 15) is 13.2 Å². The first-order valence-corrected chi connectivity index (χ1v) is 12.6. The molecule has 0 radical (unpaired) electrons. The number of nitrogens with two attached hydrogens (primary N) is 1. The van der Waals surface area contributed by atoms with E-state index < -0.39 is 16.1 Å². The Labute approximate surface area is 194 Å². The molecule has 8 heteroatoms. The minimum absolute atomic E-state index is 0.0751. The van der Waals surface area contributed by atoms with Crippen LogP contribution < -0.4 is 10.5 Å². The van der Waals surface area contributed by atoms with E-state index in [2.05, 4.69) is 4.72 Å². The van der Waals surface area contributed by atoms with E-state index in [0.717, 1.165) is 29.2 Å². The van der Waals surface area contributed by atoms with Crippen molar-refractivity contribution < 1.29 is 17.9 Å². The molecule has 174 valence electrons. The van der Waals surface area contributed by atoms with Crippen LogP contribution in [-0.2, 0) is 26.2 Å². The number of amides is 1. The maximum atomic E-state index is 13.3. The molecular formula is C25H29N3O4S. The molecule has 7 nitrogen and oxygen atoms in total. The van der Waals surface area contributed by atoms with Crippen LogP contribution >= 0.6 is 0 Å². The number of hydrogen-bond donors (Lipinski definition) is 2. The van der Waals surface area contributed by atoms with Crippen molar-refractivity contribution in [1.29, 1.82) is 0 Å². The van der Waals surface area contributed by atoms with Crippen LogP contribution in [0, 0.1) is 0 Å². The van der Waals surface area contributed by atoms with Gasteiger partial charge in [0.1, 0.15) is 6.04 Å². The van der Waals surface area contributed by atoms with Gasteiger partial charge in [0.15, 0.2) is 0 Å². The normalized spacial score (nSPS) is 17.4. The highest BCUT2D eigenvalue weighted by Crippen LogP contribution is 2.21. The summed E-state index contributed by atoms with van der Waals surface area (Å²) in [7, 11) is -3.95. The number of rotatable bonds is 9. The molecule has 0 aromatic heterocycles. The van der Waals surface area contributed by atoms with Gasteiger partial charge in [0.05, 0.1) is 18.1 Å². The average molecular weight is 468 g/mol. The number of nitrogens with one attached hydrogen (secondary N) is 1. The SMILES string of the molecule is NCC1CCCN1C(=O)C(COCc1ccccc1)NS(=O)(=O)c1ccc2ccccc2c1. The molecule has 0 bridgehead atoms. The van der Waals surface area contributed by atoms with Crippen molar-refractivity contribution in [2.24, 2.45) is 5.73 Å². The van der Waals surface area contributed by atoms with Crippen molar-refractivity contribution in [2.75, 3.05) is 19.7 Å². The van der Waals surface area contributed by atoms with Crippen molar-refractivity contribution >= 4 is 26.7 Å².